The van der Waals surface area contributed by atoms with Crippen molar-refractivity contribution in [3.63, 3.8) is 0 Å². The molecule has 2 heterocycles. The maximum absolute atomic E-state index is 12.3. The fraction of sp³-hybridized carbons (Fsp3) is 0.529. The van der Waals surface area contributed by atoms with Crippen molar-refractivity contribution in [2.24, 2.45) is 5.92 Å². The molecule has 0 atom stereocenters. The molecule has 0 spiro atoms. The van der Waals surface area contributed by atoms with Gasteiger partial charge in [-0.2, -0.15) is 5.10 Å². The lowest BCUT2D eigenvalue weighted by molar-refractivity contribution is -0.114. The minimum absolute atomic E-state index is 0.161. The van der Waals surface area contributed by atoms with Crippen molar-refractivity contribution in [1.29, 1.82) is 0 Å². The summed E-state index contributed by atoms with van der Waals surface area (Å²) in [5.41, 5.74) is 0.778. The molecular weight excluding hydrogens is 304 g/mol. The Kier molecular flexibility index (Phi) is 4.26. The van der Waals surface area contributed by atoms with Gasteiger partial charge in [-0.1, -0.05) is 11.8 Å². The molecule has 1 amide bonds. The Labute approximate surface area is 141 Å². The van der Waals surface area contributed by atoms with Crippen molar-refractivity contribution in [2.45, 2.75) is 52.2 Å². The Morgan fingerprint density at radius 2 is 2.21 bits per heavy atom. The molecular formula is C17H24N6O. The number of hydrogen-bond acceptors (Lipinski definition) is 4. The quantitative estimate of drug-likeness (QED) is 0.763. The van der Waals surface area contributed by atoms with Gasteiger partial charge in [0.25, 0.3) is 5.91 Å². The molecule has 24 heavy (non-hydrogen) atoms. The largest absolute Gasteiger partial charge is 0.284 e. The van der Waals surface area contributed by atoms with E-state index in [4.69, 9.17) is 0 Å². The van der Waals surface area contributed by atoms with Gasteiger partial charge >= 0.3 is 0 Å². The second-order valence-corrected chi connectivity index (χ2v) is 7.28. The zero-order valence-corrected chi connectivity index (χ0v) is 14.5. The Hall–Kier alpha value is -2.44. The molecule has 0 radical (unpaired) electrons. The van der Waals surface area contributed by atoms with Crippen LogP contribution in [-0.4, -0.2) is 30.7 Å². The van der Waals surface area contributed by atoms with E-state index in [1.165, 1.54) is 18.9 Å². The van der Waals surface area contributed by atoms with Crippen LogP contribution in [0.2, 0.25) is 0 Å². The van der Waals surface area contributed by atoms with E-state index in [0.717, 1.165) is 12.2 Å². The summed E-state index contributed by atoms with van der Waals surface area (Å²) in [4.78, 5) is 13.9. The van der Waals surface area contributed by atoms with Crippen LogP contribution in [0.5, 0.6) is 0 Å². The number of anilines is 1. The van der Waals surface area contributed by atoms with E-state index in [1.807, 2.05) is 21.6 Å². The maximum Gasteiger partial charge on any atom is 0.251 e. The third-order valence-corrected chi connectivity index (χ3v) is 4.06. The van der Waals surface area contributed by atoms with Crippen LogP contribution in [0.4, 0.5) is 5.82 Å². The van der Waals surface area contributed by atoms with Gasteiger partial charge in [-0.25, -0.2) is 0 Å². The smallest absolute Gasteiger partial charge is 0.251 e. The maximum atomic E-state index is 12.3. The molecule has 0 aromatic carbocycles. The molecule has 128 valence electrons. The Morgan fingerprint density at radius 1 is 1.46 bits per heavy atom. The summed E-state index contributed by atoms with van der Waals surface area (Å²) in [5, 5.41) is 12.7. The molecule has 7 nitrogen and oxygen atoms in total. The Morgan fingerprint density at radius 3 is 2.83 bits per heavy atom. The third-order valence-electron chi connectivity index (χ3n) is 4.06. The number of hydrogen-bond donors (Lipinski definition) is 0. The van der Waals surface area contributed by atoms with Crippen molar-refractivity contribution in [2.75, 3.05) is 4.90 Å². The number of rotatable bonds is 6. The zero-order chi connectivity index (χ0) is 17.3. The lowest BCUT2D eigenvalue weighted by atomic mass is 10.1. The van der Waals surface area contributed by atoms with Gasteiger partial charge in [0.1, 0.15) is 0 Å². The normalized spacial score (nSPS) is 14.6. The van der Waals surface area contributed by atoms with Gasteiger partial charge in [-0.3, -0.25) is 19.1 Å². The second kappa shape index (κ2) is 6.22. The van der Waals surface area contributed by atoms with Crippen LogP contribution < -0.4 is 4.90 Å². The van der Waals surface area contributed by atoms with Crippen LogP contribution in [0.3, 0.4) is 0 Å². The van der Waals surface area contributed by atoms with Gasteiger partial charge < -0.3 is 0 Å². The van der Waals surface area contributed by atoms with Gasteiger partial charge in [0.15, 0.2) is 5.82 Å². The second-order valence-electron chi connectivity index (χ2n) is 7.28. The Bertz CT molecular complexity index is 734. The van der Waals surface area contributed by atoms with E-state index in [9.17, 15) is 4.79 Å². The number of carbonyl (C=O) groups excluding carboxylic acids is 1. The lowest BCUT2D eigenvalue weighted by Gasteiger charge is -2.25. The van der Waals surface area contributed by atoms with Gasteiger partial charge in [0, 0.05) is 12.7 Å². The summed E-state index contributed by atoms with van der Waals surface area (Å²) < 4.78 is 3.74. The topological polar surface area (TPSA) is 68.8 Å². The van der Waals surface area contributed by atoms with E-state index in [2.05, 4.69) is 42.8 Å². The Balaban J connectivity index is 1.84. The average Bonchev–Trinajstić information content (AvgIpc) is 3.00. The van der Waals surface area contributed by atoms with E-state index < -0.39 is 0 Å². The molecule has 2 aromatic rings. The van der Waals surface area contributed by atoms with Crippen LogP contribution >= 0.6 is 0 Å². The molecule has 1 aliphatic rings. The van der Waals surface area contributed by atoms with Crippen molar-refractivity contribution in [1.82, 2.24) is 24.8 Å². The van der Waals surface area contributed by atoms with Crippen molar-refractivity contribution in [3.8, 4) is 0 Å². The van der Waals surface area contributed by atoms with Crippen LogP contribution in [-0.2, 0) is 23.4 Å². The predicted molar refractivity (Wildman–Crippen MR) is 91.4 cm³/mol. The zero-order valence-electron chi connectivity index (χ0n) is 14.5. The molecule has 1 aliphatic carbocycles. The molecule has 0 N–H and O–H groups in total. The fourth-order valence-electron chi connectivity index (χ4n) is 2.66. The molecule has 7 heteroatoms. The van der Waals surface area contributed by atoms with Crippen LogP contribution in [0.15, 0.2) is 31.1 Å². The monoisotopic (exact) mass is 328 g/mol. The van der Waals surface area contributed by atoms with E-state index in [0.29, 0.717) is 18.3 Å². The molecule has 1 fully saturated rings. The molecule has 0 aliphatic heterocycles. The third kappa shape index (κ3) is 3.55. The highest BCUT2D eigenvalue weighted by Crippen LogP contribution is 2.30. The van der Waals surface area contributed by atoms with Crippen molar-refractivity contribution < 1.29 is 4.79 Å². The SMILES string of the molecule is C=CC(=O)N(Cc1ccnn1C(C)(C)C)c1cn(CC2CC2)nn1. The van der Waals surface area contributed by atoms with E-state index in [-0.39, 0.29) is 11.4 Å². The van der Waals surface area contributed by atoms with E-state index >= 15 is 0 Å². The average molecular weight is 328 g/mol. The summed E-state index contributed by atoms with van der Waals surface area (Å²) >= 11 is 0. The summed E-state index contributed by atoms with van der Waals surface area (Å²) in [6, 6.07) is 1.92. The number of nitrogens with zero attached hydrogens (tertiary/aromatic N) is 6. The lowest BCUT2D eigenvalue weighted by Crippen LogP contribution is -2.33. The predicted octanol–water partition coefficient (Wildman–Crippen LogP) is 2.36. The number of aromatic nitrogens is 5. The molecule has 1 saturated carbocycles. The minimum atomic E-state index is -0.199. The fourth-order valence-corrected chi connectivity index (χ4v) is 2.66. The standard InChI is InChI=1S/C17H24N6O/c1-5-16(24)22(11-14-8-9-18-23(14)17(2,3)4)15-12-21(20-19-15)10-13-6-7-13/h5,8-9,12-13H,1,6-7,10-11H2,2-4H3. The first-order valence-electron chi connectivity index (χ1n) is 8.26. The molecule has 2 aromatic heterocycles. The highest BCUT2D eigenvalue weighted by atomic mass is 16.2. The minimum Gasteiger partial charge on any atom is -0.284 e. The number of amides is 1. The van der Waals surface area contributed by atoms with Crippen molar-refractivity contribution in [3.05, 3.63) is 36.8 Å². The van der Waals surface area contributed by atoms with Crippen molar-refractivity contribution >= 4 is 11.7 Å². The van der Waals surface area contributed by atoms with Gasteiger partial charge in [0.2, 0.25) is 0 Å². The molecule has 0 saturated heterocycles. The van der Waals surface area contributed by atoms with Gasteiger partial charge in [-0.05, 0) is 51.7 Å². The van der Waals surface area contributed by atoms with Crippen LogP contribution in [0, 0.1) is 5.92 Å². The molecule has 3 rings (SSSR count). The highest BCUT2D eigenvalue weighted by Gasteiger charge is 2.25. The molecule has 0 unspecified atom stereocenters. The summed E-state index contributed by atoms with van der Waals surface area (Å²) in [7, 11) is 0. The first-order chi connectivity index (χ1) is 11.4. The summed E-state index contributed by atoms with van der Waals surface area (Å²) in [6.45, 7) is 11.1. The first-order valence-corrected chi connectivity index (χ1v) is 8.26. The summed E-state index contributed by atoms with van der Waals surface area (Å²) in [5.74, 6) is 1.04. The first kappa shape index (κ1) is 16.4. The van der Waals surface area contributed by atoms with Crippen LogP contribution in [0.1, 0.15) is 39.3 Å². The van der Waals surface area contributed by atoms with Gasteiger partial charge in [-0.15, -0.1) is 5.10 Å². The van der Waals surface area contributed by atoms with Gasteiger partial charge in [0.05, 0.1) is 24.0 Å². The summed E-state index contributed by atoms with van der Waals surface area (Å²) in [6.07, 6.45) is 7.38. The highest BCUT2D eigenvalue weighted by molar-refractivity contribution is 6.00. The van der Waals surface area contributed by atoms with E-state index in [1.54, 1.807) is 11.1 Å². The molecule has 0 bridgehead atoms. The van der Waals surface area contributed by atoms with Crippen LogP contribution in [0.25, 0.3) is 0 Å². The number of carbonyl (C=O) groups is 1.